The molecule has 0 aromatic heterocycles. The molecule has 32 heavy (non-hydrogen) atoms. The highest BCUT2D eigenvalue weighted by molar-refractivity contribution is 9.09. The third-order valence-electron chi connectivity index (χ3n) is 4.03. The molecular formula is C22H35BrO9. The largest absolute Gasteiger partial charge is 0.466 e. The van der Waals surface area contributed by atoms with Gasteiger partial charge in [0.1, 0.15) is 0 Å². The molecule has 9 nitrogen and oxygen atoms in total. The Labute approximate surface area is 198 Å². The van der Waals surface area contributed by atoms with Crippen LogP contribution in [0.25, 0.3) is 0 Å². The van der Waals surface area contributed by atoms with E-state index >= 15 is 0 Å². The van der Waals surface area contributed by atoms with Crippen molar-refractivity contribution < 1.29 is 42.9 Å². The zero-order chi connectivity index (χ0) is 25.7. The Balaban J connectivity index is 6.59. The third-order valence-corrected chi connectivity index (χ3v) is 4.58. The second-order valence-corrected chi connectivity index (χ2v) is 11.0. The van der Waals surface area contributed by atoms with Gasteiger partial charge in [-0.15, -0.1) is 0 Å². The van der Waals surface area contributed by atoms with Crippen molar-refractivity contribution in [3.63, 3.8) is 0 Å². The minimum absolute atomic E-state index is 0.278. The molecule has 0 radical (unpaired) electrons. The van der Waals surface area contributed by atoms with Crippen molar-refractivity contribution >= 4 is 45.6 Å². The van der Waals surface area contributed by atoms with Gasteiger partial charge in [0.25, 0.3) is 0 Å². The number of carbonyl (C=O) groups is 5. The van der Waals surface area contributed by atoms with Crippen molar-refractivity contribution in [3.05, 3.63) is 0 Å². The molecule has 0 fully saturated rings. The number of carbonyl (C=O) groups excluding carboxylic acids is 5. The average molecular weight is 523 g/mol. The SMILES string of the molecule is COC(=O)C(OC(=O)C(C)(C)C)C(OC(=O)C(C)(C)C)C(OC(=O)C(C)(C)C)C(=O)CBr. The summed E-state index contributed by atoms with van der Waals surface area (Å²) in [6, 6.07) is 0. The van der Waals surface area contributed by atoms with Crippen LogP contribution in [0.5, 0.6) is 0 Å². The van der Waals surface area contributed by atoms with Crippen molar-refractivity contribution in [2.45, 2.75) is 80.6 Å². The molecule has 0 spiro atoms. The van der Waals surface area contributed by atoms with Gasteiger partial charge in [0, 0.05) is 0 Å². The number of rotatable bonds is 8. The first-order valence-electron chi connectivity index (χ1n) is 10.1. The van der Waals surface area contributed by atoms with Crippen molar-refractivity contribution in [2.24, 2.45) is 16.2 Å². The Morgan fingerprint density at radius 3 is 1.31 bits per heavy atom. The Morgan fingerprint density at radius 1 is 0.656 bits per heavy atom. The van der Waals surface area contributed by atoms with Gasteiger partial charge < -0.3 is 18.9 Å². The lowest BCUT2D eigenvalue weighted by Gasteiger charge is -2.34. The summed E-state index contributed by atoms with van der Waals surface area (Å²) in [4.78, 5) is 63.1. The molecule has 0 aliphatic rings. The van der Waals surface area contributed by atoms with E-state index in [4.69, 9.17) is 18.9 Å². The molecule has 0 saturated heterocycles. The lowest BCUT2D eigenvalue weighted by Crippen LogP contribution is -2.55. The molecule has 0 aromatic carbocycles. The number of Topliss-reactive ketones (excluding diaryl/α,β-unsaturated/α-hetero) is 1. The van der Waals surface area contributed by atoms with Crippen molar-refractivity contribution in [3.8, 4) is 0 Å². The normalized spacial score (nSPS) is 15.1. The van der Waals surface area contributed by atoms with Crippen LogP contribution in [-0.4, -0.2) is 60.4 Å². The zero-order valence-electron chi connectivity index (χ0n) is 20.5. The second kappa shape index (κ2) is 11.2. The molecule has 0 bridgehead atoms. The summed E-state index contributed by atoms with van der Waals surface area (Å²) in [6.45, 7) is 14.0. The molecule has 0 aliphatic heterocycles. The first-order valence-corrected chi connectivity index (χ1v) is 11.2. The summed E-state index contributed by atoms with van der Waals surface area (Å²) in [5.74, 6) is -4.16. The molecule has 0 aromatic rings. The number of ether oxygens (including phenoxy) is 4. The van der Waals surface area contributed by atoms with Crippen molar-refractivity contribution in [1.29, 1.82) is 0 Å². The maximum atomic E-state index is 12.7. The van der Waals surface area contributed by atoms with Crippen LogP contribution in [0.3, 0.4) is 0 Å². The Hall–Kier alpha value is -1.97. The molecule has 184 valence electrons. The summed E-state index contributed by atoms with van der Waals surface area (Å²) in [5.41, 5.74) is -3.07. The molecular weight excluding hydrogens is 488 g/mol. The highest BCUT2D eigenvalue weighted by Gasteiger charge is 2.48. The van der Waals surface area contributed by atoms with E-state index in [1.807, 2.05) is 0 Å². The predicted octanol–water partition coefficient (Wildman–Crippen LogP) is 3.00. The van der Waals surface area contributed by atoms with E-state index < -0.39 is 64.2 Å². The lowest BCUT2D eigenvalue weighted by molar-refractivity contribution is -0.202. The van der Waals surface area contributed by atoms with Crippen molar-refractivity contribution in [1.82, 2.24) is 0 Å². The Bertz CT molecular complexity index is 675. The zero-order valence-corrected chi connectivity index (χ0v) is 22.1. The van der Waals surface area contributed by atoms with Gasteiger partial charge in [-0.05, 0) is 62.3 Å². The minimum Gasteiger partial charge on any atom is -0.466 e. The van der Waals surface area contributed by atoms with Gasteiger partial charge in [-0.3, -0.25) is 19.2 Å². The smallest absolute Gasteiger partial charge is 0.351 e. The van der Waals surface area contributed by atoms with Crippen LogP contribution in [0, 0.1) is 16.2 Å². The molecule has 3 atom stereocenters. The number of alkyl halides is 1. The van der Waals surface area contributed by atoms with E-state index in [9.17, 15) is 24.0 Å². The standard InChI is InChI=1S/C22H35BrO9/c1-20(2,3)17(26)30-13(12(24)11-23)14(31-18(27)21(4,5)6)15(16(25)29-10)32-19(28)22(7,8)9/h13-15H,11H2,1-10H3. The number of hydrogen-bond donors (Lipinski definition) is 0. The predicted molar refractivity (Wildman–Crippen MR) is 119 cm³/mol. The van der Waals surface area contributed by atoms with Crippen LogP contribution in [0.15, 0.2) is 0 Å². The van der Waals surface area contributed by atoms with Crippen LogP contribution in [0.2, 0.25) is 0 Å². The van der Waals surface area contributed by atoms with Crippen LogP contribution >= 0.6 is 15.9 Å². The van der Waals surface area contributed by atoms with Crippen LogP contribution in [0.1, 0.15) is 62.3 Å². The average Bonchev–Trinajstić information content (AvgIpc) is 2.64. The van der Waals surface area contributed by atoms with Gasteiger partial charge in [-0.1, -0.05) is 15.9 Å². The number of ketones is 1. The second-order valence-electron chi connectivity index (χ2n) is 10.4. The van der Waals surface area contributed by atoms with Crippen LogP contribution in [0.4, 0.5) is 0 Å². The lowest BCUT2D eigenvalue weighted by atomic mass is 9.95. The Kier molecular flexibility index (Phi) is 10.6. The molecule has 0 heterocycles. The maximum Gasteiger partial charge on any atom is 0.351 e. The summed E-state index contributed by atoms with van der Waals surface area (Å²) in [6.07, 6.45) is -5.35. The molecule has 0 saturated carbocycles. The summed E-state index contributed by atoms with van der Waals surface area (Å²) < 4.78 is 20.9. The number of methoxy groups -OCH3 is 1. The number of hydrogen-bond acceptors (Lipinski definition) is 9. The summed E-state index contributed by atoms with van der Waals surface area (Å²) in [5, 5.41) is -0.278. The fraction of sp³-hybridized carbons (Fsp3) is 0.773. The number of esters is 4. The fourth-order valence-electron chi connectivity index (χ4n) is 1.92. The van der Waals surface area contributed by atoms with E-state index in [2.05, 4.69) is 15.9 Å². The van der Waals surface area contributed by atoms with Gasteiger partial charge in [0.15, 0.2) is 11.9 Å². The molecule has 0 amide bonds. The van der Waals surface area contributed by atoms with Gasteiger partial charge >= 0.3 is 23.9 Å². The van der Waals surface area contributed by atoms with Crippen LogP contribution in [-0.2, 0) is 42.9 Å². The van der Waals surface area contributed by atoms with Crippen LogP contribution < -0.4 is 0 Å². The Morgan fingerprint density at radius 2 is 1.00 bits per heavy atom. The molecule has 0 aliphatic carbocycles. The fourth-order valence-corrected chi connectivity index (χ4v) is 2.24. The molecule has 3 unspecified atom stereocenters. The summed E-state index contributed by atoms with van der Waals surface area (Å²) in [7, 11) is 1.05. The third kappa shape index (κ3) is 8.88. The van der Waals surface area contributed by atoms with E-state index in [0.29, 0.717) is 0 Å². The van der Waals surface area contributed by atoms with E-state index in [0.717, 1.165) is 7.11 Å². The van der Waals surface area contributed by atoms with Gasteiger partial charge in [0.05, 0.1) is 28.7 Å². The minimum atomic E-state index is -1.85. The first kappa shape index (κ1) is 30.0. The quantitative estimate of drug-likeness (QED) is 0.268. The van der Waals surface area contributed by atoms with Crippen molar-refractivity contribution in [2.75, 3.05) is 12.4 Å². The van der Waals surface area contributed by atoms with Gasteiger partial charge in [-0.2, -0.15) is 0 Å². The van der Waals surface area contributed by atoms with Gasteiger partial charge in [-0.25, -0.2) is 4.79 Å². The first-order chi connectivity index (χ1) is 14.3. The van der Waals surface area contributed by atoms with E-state index in [1.165, 1.54) is 0 Å². The molecule has 0 N–H and O–H groups in total. The van der Waals surface area contributed by atoms with E-state index in [1.54, 1.807) is 62.3 Å². The van der Waals surface area contributed by atoms with E-state index in [-0.39, 0.29) is 5.33 Å². The molecule has 10 heteroatoms. The topological polar surface area (TPSA) is 122 Å². The molecule has 0 rings (SSSR count). The highest BCUT2D eigenvalue weighted by Crippen LogP contribution is 2.26. The highest BCUT2D eigenvalue weighted by atomic mass is 79.9. The van der Waals surface area contributed by atoms with Gasteiger partial charge in [0.2, 0.25) is 12.2 Å². The number of halogens is 1. The maximum absolute atomic E-state index is 12.7. The summed E-state index contributed by atoms with van der Waals surface area (Å²) >= 11 is 3.01. The monoisotopic (exact) mass is 522 g/mol.